The third-order valence-electron chi connectivity index (χ3n) is 3.27. The molecule has 2 rings (SSSR count). The van der Waals surface area contributed by atoms with Crippen molar-refractivity contribution in [3.63, 3.8) is 0 Å². The molecule has 1 aliphatic rings. The summed E-state index contributed by atoms with van der Waals surface area (Å²) in [5.41, 5.74) is 1.95. The van der Waals surface area contributed by atoms with E-state index in [1.54, 1.807) is 6.07 Å². The molecule has 0 N–H and O–H groups in total. The summed E-state index contributed by atoms with van der Waals surface area (Å²) in [6.45, 7) is 0. The molecule has 86 valence electrons. The molecular formula is C13H16ClNO. The Hall–Kier alpha value is -0.860. The van der Waals surface area contributed by atoms with E-state index in [1.807, 2.05) is 26.2 Å². The van der Waals surface area contributed by atoms with Gasteiger partial charge in [0.05, 0.1) is 0 Å². The molecule has 0 aromatic heterocycles. The van der Waals surface area contributed by atoms with E-state index in [2.05, 4.69) is 4.90 Å². The lowest BCUT2D eigenvalue weighted by molar-refractivity contribution is 0.0947. The molecule has 0 saturated carbocycles. The van der Waals surface area contributed by atoms with Gasteiger partial charge in [-0.25, -0.2) is 0 Å². The fourth-order valence-electron chi connectivity index (χ4n) is 2.22. The van der Waals surface area contributed by atoms with Crippen LogP contribution in [0.4, 0.5) is 0 Å². The first-order valence-electron chi connectivity index (χ1n) is 5.56. The van der Waals surface area contributed by atoms with Gasteiger partial charge in [-0.2, -0.15) is 0 Å². The molecule has 0 spiro atoms. The van der Waals surface area contributed by atoms with Crippen LogP contribution in [0.5, 0.6) is 0 Å². The van der Waals surface area contributed by atoms with Crippen LogP contribution in [0.2, 0.25) is 5.02 Å². The molecule has 1 aliphatic carbocycles. The maximum atomic E-state index is 12.1. The Balaban J connectivity index is 2.32. The van der Waals surface area contributed by atoms with Crippen molar-refractivity contribution in [1.29, 1.82) is 0 Å². The lowest BCUT2D eigenvalue weighted by atomic mass is 10.0. The Kier molecular flexibility index (Phi) is 3.31. The Morgan fingerprint density at radius 2 is 2.12 bits per heavy atom. The van der Waals surface area contributed by atoms with Crippen LogP contribution in [0, 0.1) is 0 Å². The van der Waals surface area contributed by atoms with Gasteiger partial charge in [0.2, 0.25) is 0 Å². The Bertz CT molecular complexity index is 414. The molecule has 0 heterocycles. The maximum absolute atomic E-state index is 12.1. The molecule has 1 unspecified atom stereocenters. The summed E-state index contributed by atoms with van der Waals surface area (Å²) in [5.74, 6) is 0.216. The van der Waals surface area contributed by atoms with Gasteiger partial charge in [0.25, 0.3) is 0 Å². The molecule has 2 nitrogen and oxygen atoms in total. The molecule has 16 heavy (non-hydrogen) atoms. The number of benzene rings is 1. The van der Waals surface area contributed by atoms with E-state index in [9.17, 15) is 4.79 Å². The zero-order valence-corrected chi connectivity index (χ0v) is 10.4. The highest BCUT2D eigenvalue weighted by Gasteiger charge is 2.23. The van der Waals surface area contributed by atoms with Crippen LogP contribution in [0.15, 0.2) is 18.2 Å². The summed E-state index contributed by atoms with van der Waals surface area (Å²) in [6.07, 6.45) is 2.59. The summed E-state index contributed by atoms with van der Waals surface area (Å²) in [5, 5.41) is 0.649. The first-order chi connectivity index (χ1) is 7.58. The van der Waals surface area contributed by atoms with Crippen molar-refractivity contribution in [2.24, 2.45) is 0 Å². The molecule has 0 bridgehead atoms. The fourth-order valence-corrected chi connectivity index (χ4v) is 2.39. The van der Waals surface area contributed by atoms with E-state index in [4.69, 9.17) is 11.6 Å². The van der Waals surface area contributed by atoms with E-state index in [0.717, 1.165) is 24.0 Å². The van der Waals surface area contributed by atoms with Crippen molar-refractivity contribution < 1.29 is 4.79 Å². The van der Waals surface area contributed by atoms with Crippen LogP contribution >= 0.6 is 11.6 Å². The zero-order chi connectivity index (χ0) is 11.7. The van der Waals surface area contributed by atoms with Gasteiger partial charge in [-0.1, -0.05) is 17.7 Å². The number of hydrogen-bond acceptors (Lipinski definition) is 2. The Morgan fingerprint density at radius 3 is 2.81 bits per heavy atom. The maximum Gasteiger partial charge on any atom is 0.164 e. The topological polar surface area (TPSA) is 20.3 Å². The van der Waals surface area contributed by atoms with Gasteiger partial charge in [-0.3, -0.25) is 4.79 Å². The standard InChI is InChI=1S/C13H16ClNO/c1-15(2)11-6-4-9-3-5-10(14)7-12(9)13(16)8-11/h3,5,7,11H,4,6,8H2,1-2H3. The summed E-state index contributed by atoms with van der Waals surface area (Å²) in [7, 11) is 4.06. The van der Waals surface area contributed by atoms with Crippen LogP contribution < -0.4 is 0 Å². The fraction of sp³-hybridized carbons (Fsp3) is 0.462. The lowest BCUT2D eigenvalue weighted by Gasteiger charge is -2.21. The number of carbonyl (C=O) groups excluding carboxylic acids is 1. The third-order valence-corrected chi connectivity index (χ3v) is 3.51. The van der Waals surface area contributed by atoms with Gasteiger partial charge in [-0.15, -0.1) is 0 Å². The highest BCUT2D eigenvalue weighted by molar-refractivity contribution is 6.31. The minimum Gasteiger partial charge on any atom is -0.306 e. The quantitative estimate of drug-likeness (QED) is 0.700. The first-order valence-corrected chi connectivity index (χ1v) is 5.94. The van der Waals surface area contributed by atoms with Crippen LogP contribution in [-0.4, -0.2) is 30.8 Å². The van der Waals surface area contributed by atoms with Crippen LogP contribution in [0.1, 0.15) is 28.8 Å². The average molecular weight is 238 g/mol. The summed E-state index contributed by atoms with van der Waals surface area (Å²) in [6, 6.07) is 5.99. The number of nitrogens with zero attached hydrogens (tertiary/aromatic N) is 1. The Morgan fingerprint density at radius 1 is 1.38 bits per heavy atom. The Labute approximate surface area is 101 Å². The van der Waals surface area contributed by atoms with Crippen molar-refractivity contribution in [2.75, 3.05) is 14.1 Å². The summed E-state index contributed by atoms with van der Waals surface area (Å²) in [4.78, 5) is 14.2. The first kappa shape index (κ1) is 11.6. The van der Waals surface area contributed by atoms with Gasteiger partial charge in [-0.05, 0) is 44.6 Å². The number of fused-ring (bicyclic) bond motifs is 1. The smallest absolute Gasteiger partial charge is 0.164 e. The molecule has 1 atom stereocenters. The second kappa shape index (κ2) is 4.56. The summed E-state index contributed by atoms with van der Waals surface area (Å²) >= 11 is 5.93. The minimum atomic E-state index is 0.216. The van der Waals surface area contributed by atoms with E-state index >= 15 is 0 Å². The van der Waals surface area contributed by atoms with E-state index < -0.39 is 0 Å². The van der Waals surface area contributed by atoms with Crippen molar-refractivity contribution in [3.8, 4) is 0 Å². The van der Waals surface area contributed by atoms with Gasteiger partial charge in [0, 0.05) is 23.0 Å². The number of aryl methyl sites for hydroxylation is 1. The van der Waals surface area contributed by atoms with Crippen molar-refractivity contribution in [2.45, 2.75) is 25.3 Å². The molecular weight excluding hydrogens is 222 g/mol. The van der Waals surface area contributed by atoms with Crippen LogP contribution in [-0.2, 0) is 6.42 Å². The van der Waals surface area contributed by atoms with E-state index in [1.165, 1.54) is 0 Å². The largest absolute Gasteiger partial charge is 0.306 e. The zero-order valence-electron chi connectivity index (χ0n) is 9.66. The molecule has 0 fully saturated rings. The SMILES string of the molecule is CN(C)C1CCc2ccc(Cl)cc2C(=O)C1. The predicted molar refractivity (Wildman–Crippen MR) is 66.2 cm³/mol. The monoisotopic (exact) mass is 237 g/mol. The molecule has 0 aliphatic heterocycles. The third kappa shape index (κ3) is 2.28. The number of hydrogen-bond donors (Lipinski definition) is 0. The second-order valence-electron chi connectivity index (χ2n) is 4.58. The van der Waals surface area contributed by atoms with Gasteiger partial charge < -0.3 is 4.90 Å². The predicted octanol–water partition coefficient (Wildman–Crippen LogP) is 2.79. The van der Waals surface area contributed by atoms with E-state index in [-0.39, 0.29) is 5.78 Å². The second-order valence-corrected chi connectivity index (χ2v) is 5.02. The van der Waals surface area contributed by atoms with Crippen molar-refractivity contribution in [1.82, 2.24) is 4.90 Å². The average Bonchev–Trinajstić information content (AvgIpc) is 2.39. The minimum absolute atomic E-state index is 0.216. The molecule has 0 saturated heterocycles. The van der Waals surface area contributed by atoms with Crippen LogP contribution in [0.3, 0.4) is 0 Å². The summed E-state index contributed by atoms with van der Waals surface area (Å²) < 4.78 is 0. The molecule has 0 amide bonds. The highest BCUT2D eigenvalue weighted by Crippen LogP contribution is 2.25. The highest BCUT2D eigenvalue weighted by atomic mass is 35.5. The van der Waals surface area contributed by atoms with Gasteiger partial charge in [0.1, 0.15) is 0 Å². The number of rotatable bonds is 1. The van der Waals surface area contributed by atoms with Crippen LogP contribution in [0.25, 0.3) is 0 Å². The van der Waals surface area contributed by atoms with Crippen molar-refractivity contribution in [3.05, 3.63) is 34.3 Å². The van der Waals surface area contributed by atoms with E-state index in [0.29, 0.717) is 17.5 Å². The molecule has 0 radical (unpaired) electrons. The van der Waals surface area contributed by atoms with Gasteiger partial charge >= 0.3 is 0 Å². The molecule has 3 heteroatoms. The molecule has 1 aromatic carbocycles. The number of Topliss-reactive ketones (excluding diaryl/α,β-unsaturated/α-hetero) is 1. The number of halogens is 1. The number of carbonyl (C=O) groups is 1. The number of ketones is 1. The van der Waals surface area contributed by atoms with Gasteiger partial charge in [0.15, 0.2) is 5.78 Å². The normalized spacial score (nSPS) is 20.8. The molecule has 1 aromatic rings. The van der Waals surface area contributed by atoms with Crippen molar-refractivity contribution >= 4 is 17.4 Å². The lowest BCUT2D eigenvalue weighted by Crippen LogP contribution is -2.29.